The lowest BCUT2D eigenvalue weighted by atomic mass is 10.1. The lowest BCUT2D eigenvalue weighted by molar-refractivity contribution is -0.138. The van der Waals surface area contributed by atoms with Gasteiger partial charge in [0.2, 0.25) is 0 Å². The maximum atomic E-state index is 12.9. The van der Waals surface area contributed by atoms with Crippen molar-refractivity contribution in [3.63, 3.8) is 0 Å². The van der Waals surface area contributed by atoms with E-state index in [1.807, 2.05) is 30.3 Å². The summed E-state index contributed by atoms with van der Waals surface area (Å²) in [4.78, 5) is 4.45. The van der Waals surface area contributed by atoms with Gasteiger partial charge < -0.3 is 9.73 Å². The van der Waals surface area contributed by atoms with Crippen LogP contribution in [0.15, 0.2) is 53.1 Å². The largest absolute Gasteiger partial charge is 0.462 e. The molecule has 7 heteroatoms. The summed E-state index contributed by atoms with van der Waals surface area (Å²) in [6, 6.07) is 10.9. The summed E-state index contributed by atoms with van der Waals surface area (Å²) in [6.45, 7) is 1.08. The summed E-state index contributed by atoms with van der Waals surface area (Å²) < 4.78 is 43.9. The fraction of sp³-hybridized carbons (Fsp3) is 0.188. The molecule has 3 rings (SSSR count). The van der Waals surface area contributed by atoms with Crippen LogP contribution >= 0.6 is 11.3 Å². The number of thiazole rings is 1. The number of anilines is 1. The van der Waals surface area contributed by atoms with Gasteiger partial charge in [-0.25, -0.2) is 4.98 Å². The number of rotatable bonds is 4. The molecule has 0 spiro atoms. The Morgan fingerprint density at radius 1 is 1.13 bits per heavy atom. The average Bonchev–Trinajstić information content (AvgIpc) is 3.16. The molecule has 0 amide bonds. The monoisotopic (exact) mass is 338 g/mol. The highest BCUT2D eigenvalue weighted by molar-refractivity contribution is 7.19. The number of aromatic nitrogens is 1. The van der Waals surface area contributed by atoms with Crippen LogP contribution < -0.4 is 5.32 Å². The third-order valence-corrected chi connectivity index (χ3v) is 4.25. The van der Waals surface area contributed by atoms with Gasteiger partial charge in [0.1, 0.15) is 16.7 Å². The number of halogens is 3. The smallest absolute Gasteiger partial charge is 0.408 e. The molecule has 1 unspecified atom stereocenters. The molecule has 2 aromatic heterocycles. The van der Waals surface area contributed by atoms with Gasteiger partial charge in [-0.05, 0) is 19.1 Å². The molecule has 2 heterocycles. The Morgan fingerprint density at radius 3 is 2.48 bits per heavy atom. The predicted octanol–water partition coefficient (Wildman–Crippen LogP) is 5.43. The van der Waals surface area contributed by atoms with Crippen molar-refractivity contribution in [2.45, 2.75) is 19.1 Å². The first kappa shape index (κ1) is 15.6. The van der Waals surface area contributed by atoms with Crippen LogP contribution in [0.1, 0.15) is 6.92 Å². The molecule has 1 atom stereocenters. The quantitative estimate of drug-likeness (QED) is 0.689. The van der Waals surface area contributed by atoms with Gasteiger partial charge >= 0.3 is 6.18 Å². The topological polar surface area (TPSA) is 38.1 Å². The van der Waals surface area contributed by atoms with Gasteiger partial charge in [-0.1, -0.05) is 41.7 Å². The molecule has 0 aliphatic heterocycles. The second kappa shape index (κ2) is 6.08. The fourth-order valence-corrected chi connectivity index (χ4v) is 3.04. The molecule has 120 valence electrons. The van der Waals surface area contributed by atoms with E-state index in [1.54, 1.807) is 12.1 Å². The number of hydrogen-bond acceptors (Lipinski definition) is 4. The van der Waals surface area contributed by atoms with Crippen molar-refractivity contribution in [2.75, 3.05) is 5.32 Å². The number of hydrogen-bond donors (Lipinski definition) is 1. The number of furan rings is 1. The van der Waals surface area contributed by atoms with Crippen LogP contribution in [0.3, 0.4) is 0 Å². The summed E-state index contributed by atoms with van der Waals surface area (Å²) in [6.07, 6.45) is -2.83. The highest BCUT2D eigenvalue weighted by atomic mass is 32.1. The Balaban J connectivity index is 2.02. The van der Waals surface area contributed by atoms with E-state index in [-0.39, 0.29) is 0 Å². The maximum Gasteiger partial charge on any atom is 0.408 e. The average molecular weight is 338 g/mol. The Kier molecular flexibility index (Phi) is 4.12. The van der Waals surface area contributed by atoms with Crippen LogP contribution in [0.5, 0.6) is 0 Å². The van der Waals surface area contributed by atoms with Crippen molar-refractivity contribution in [2.24, 2.45) is 0 Å². The van der Waals surface area contributed by atoms with E-state index < -0.39 is 12.2 Å². The van der Waals surface area contributed by atoms with E-state index in [2.05, 4.69) is 10.3 Å². The first-order valence-electron chi connectivity index (χ1n) is 6.88. The second-order valence-corrected chi connectivity index (χ2v) is 5.95. The molecule has 3 aromatic rings. The zero-order chi connectivity index (χ0) is 16.4. The summed E-state index contributed by atoms with van der Waals surface area (Å²) in [5.41, 5.74) is 1.23. The van der Waals surface area contributed by atoms with E-state index in [0.29, 0.717) is 21.5 Å². The van der Waals surface area contributed by atoms with Crippen molar-refractivity contribution >= 4 is 16.3 Å². The molecule has 23 heavy (non-hydrogen) atoms. The first-order chi connectivity index (χ1) is 10.9. The van der Waals surface area contributed by atoms with Gasteiger partial charge in [0, 0.05) is 5.56 Å². The summed E-state index contributed by atoms with van der Waals surface area (Å²) in [5.74, 6) is 0.528. The standard InChI is InChI=1S/C16H13F3N2OS/c1-10(16(17,18)19)20-15-13(11-6-3-2-4-7-11)21-14(23-15)12-8-5-9-22-12/h2-10,20H,1H3. The summed E-state index contributed by atoms with van der Waals surface area (Å²) in [7, 11) is 0. The molecule has 0 aliphatic rings. The van der Waals surface area contributed by atoms with Gasteiger partial charge in [-0.2, -0.15) is 13.2 Å². The van der Waals surface area contributed by atoms with Crippen molar-refractivity contribution in [1.29, 1.82) is 0 Å². The summed E-state index contributed by atoms with van der Waals surface area (Å²) >= 11 is 1.14. The second-order valence-electron chi connectivity index (χ2n) is 4.95. The molecule has 0 radical (unpaired) electrons. The van der Waals surface area contributed by atoms with Gasteiger partial charge in [0.25, 0.3) is 0 Å². The first-order valence-corrected chi connectivity index (χ1v) is 7.70. The van der Waals surface area contributed by atoms with Crippen molar-refractivity contribution in [3.05, 3.63) is 48.7 Å². The number of alkyl halides is 3. The Hall–Kier alpha value is -2.28. The van der Waals surface area contributed by atoms with Crippen LogP contribution in [0.25, 0.3) is 22.0 Å². The van der Waals surface area contributed by atoms with Crippen LogP contribution in [0.2, 0.25) is 0 Å². The molecule has 3 nitrogen and oxygen atoms in total. The Morgan fingerprint density at radius 2 is 1.87 bits per heavy atom. The number of nitrogens with zero attached hydrogens (tertiary/aromatic N) is 1. The Bertz CT molecular complexity index is 766. The lowest BCUT2D eigenvalue weighted by Gasteiger charge is -2.17. The van der Waals surface area contributed by atoms with E-state index in [9.17, 15) is 13.2 Å². The van der Waals surface area contributed by atoms with Crippen LogP contribution in [0, 0.1) is 0 Å². The number of benzene rings is 1. The fourth-order valence-electron chi connectivity index (χ4n) is 1.99. The number of nitrogens with one attached hydrogen (secondary N) is 1. The van der Waals surface area contributed by atoms with Crippen molar-refractivity contribution in [3.8, 4) is 22.0 Å². The van der Waals surface area contributed by atoms with Gasteiger partial charge in [-0.3, -0.25) is 0 Å². The zero-order valence-electron chi connectivity index (χ0n) is 12.1. The molecule has 0 fully saturated rings. The molecular formula is C16H13F3N2OS. The third kappa shape index (κ3) is 3.39. The molecule has 0 bridgehead atoms. The predicted molar refractivity (Wildman–Crippen MR) is 84.4 cm³/mol. The zero-order valence-corrected chi connectivity index (χ0v) is 12.9. The van der Waals surface area contributed by atoms with Crippen LogP contribution in [-0.4, -0.2) is 17.2 Å². The SMILES string of the molecule is CC(Nc1sc(-c2ccco2)nc1-c1ccccc1)C(F)(F)F. The van der Waals surface area contributed by atoms with E-state index in [4.69, 9.17) is 4.42 Å². The van der Waals surface area contributed by atoms with Gasteiger partial charge in [0.05, 0.1) is 6.26 Å². The third-order valence-electron chi connectivity index (χ3n) is 3.24. The minimum absolute atomic E-state index is 0.368. The van der Waals surface area contributed by atoms with Gasteiger partial charge in [0.15, 0.2) is 10.8 Å². The summed E-state index contributed by atoms with van der Waals surface area (Å²) in [5, 5.41) is 3.42. The molecular weight excluding hydrogens is 325 g/mol. The van der Waals surface area contributed by atoms with Gasteiger partial charge in [-0.15, -0.1) is 0 Å². The lowest BCUT2D eigenvalue weighted by Crippen LogP contribution is -2.32. The molecule has 0 aliphatic carbocycles. The minimum Gasteiger partial charge on any atom is -0.462 e. The molecule has 1 aromatic carbocycles. The highest BCUT2D eigenvalue weighted by Gasteiger charge is 2.37. The van der Waals surface area contributed by atoms with E-state index in [1.165, 1.54) is 6.26 Å². The van der Waals surface area contributed by atoms with E-state index in [0.717, 1.165) is 23.8 Å². The van der Waals surface area contributed by atoms with E-state index >= 15 is 0 Å². The normalized spacial score (nSPS) is 13.0. The van der Waals surface area contributed by atoms with Crippen molar-refractivity contribution < 1.29 is 17.6 Å². The van der Waals surface area contributed by atoms with Crippen LogP contribution in [-0.2, 0) is 0 Å². The highest BCUT2D eigenvalue weighted by Crippen LogP contribution is 2.39. The molecule has 0 saturated heterocycles. The molecule has 0 saturated carbocycles. The Labute approximate surface area is 134 Å². The van der Waals surface area contributed by atoms with Crippen LogP contribution in [0.4, 0.5) is 18.2 Å². The molecule has 1 N–H and O–H groups in total. The van der Waals surface area contributed by atoms with Crippen molar-refractivity contribution in [1.82, 2.24) is 4.98 Å². The maximum absolute atomic E-state index is 12.9. The minimum atomic E-state index is -4.33.